The Labute approximate surface area is 116 Å². The van der Waals surface area contributed by atoms with Crippen molar-refractivity contribution in [2.24, 2.45) is 0 Å². The molecule has 0 atom stereocenters. The summed E-state index contributed by atoms with van der Waals surface area (Å²) in [6, 6.07) is 0. The quantitative estimate of drug-likeness (QED) is 0.300. The van der Waals surface area contributed by atoms with Gasteiger partial charge >= 0.3 is 23.2 Å². The third kappa shape index (κ3) is 26.2. The molecule has 6 heavy (non-hydrogen) atoms. The Hall–Kier alpha value is 3.41. The molecule has 0 saturated heterocycles. The van der Waals surface area contributed by atoms with Crippen LogP contribution >= 0.6 is 95.9 Å². The Balaban J connectivity index is -0.000000000833. The van der Waals surface area contributed by atoms with Gasteiger partial charge < -0.3 is 0 Å². The van der Waals surface area contributed by atoms with Crippen molar-refractivity contribution in [2.45, 2.75) is 0 Å². The van der Waals surface area contributed by atoms with E-state index in [1.807, 2.05) is 0 Å². The first-order chi connectivity index (χ1) is 1.00. The van der Waals surface area contributed by atoms with Gasteiger partial charge in [-0.05, 0) is 0 Å². The SMILES string of the molecule is I.I.I.I.[O]=[Mo]. The Morgan fingerprint density at radius 3 is 0.667 bits per heavy atom. The second-order valence-corrected chi connectivity index (χ2v) is 0. The van der Waals surface area contributed by atoms with Crippen LogP contribution in [0.3, 0.4) is 0 Å². The normalized spacial score (nSPS) is 0.667. The van der Waals surface area contributed by atoms with Crippen molar-refractivity contribution in [2.75, 3.05) is 0 Å². The van der Waals surface area contributed by atoms with Gasteiger partial charge in [0.1, 0.15) is 0 Å². The molecule has 0 aliphatic carbocycles. The maximum absolute atomic E-state index is 8.26. The predicted octanol–water partition coefficient (Wildman–Crippen LogP) is 2.35. The summed E-state index contributed by atoms with van der Waals surface area (Å²) in [6.07, 6.45) is 0. The van der Waals surface area contributed by atoms with E-state index in [9.17, 15) is 0 Å². The first-order valence-corrected chi connectivity index (χ1v) is 0.986. The van der Waals surface area contributed by atoms with Gasteiger partial charge in [-0.2, -0.15) is 0 Å². The molecule has 0 unspecified atom stereocenters. The molecule has 0 rings (SSSR count). The van der Waals surface area contributed by atoms with E-state index in [4.69, 9.17) is 3.40 Å². The van der Waals surface area contributed by atoms with Crippen LogP contribution in [0.2, 0.25) is 0 Å². The fourth-order valence-corrected chi connectivity index (χ4v) is 0. The molecule has 0 aliphatic rings. The van der Waals surface area contributed by atoms with Gasteiger partial charge in [0.25, 0.3) is 0 Å². The predicted molar refractivity (Wildman–Crippen MR) is 62.3 cm³/mol. The molecular weight excluding hydrogens is 620 g/mol. The minimum atomic E-state index is 0. The van der Waals surface area contributed by atoms with Gasteiger partial charge in [0.2, 0.25) is 0 Å². The van der Waals surface area contributed by atoms with Crippen LogP contribution in [0.25, 0.3) is 0 Å². The van der Waals surface area contributed by atoms with Gasteiger partial charge in [0.05, 0.1) is 0 Å². The zero-order valence-corrected chi connectivity index (χ0v) is 13.8. The van der Waals surface area contributed by atoms with Gasteiger partial charge in [-0.25, -0.2) is 0 Å². The Kier molecular flexibility index (Phi) is 227. The molecule has 44 valence electrons. The molecule has 0 fully saturated rings. The van der Waals surface area contributed by atoms with E-state index in [1.54, 1.807) is 0 Å². The summed E-state index contributed by atoms with van der Waals surface area (Å²) in [5, 5.41) is 0. The number of hydrogen-bond acceptors (Lipinski definition) is 1. The average molecular weight is 624 g/mol. The fraction of sp³-hybridized carbons (Fsp3) is 0. The minimum absolute atomic E-state index is 0. The standard InChI is InChI=1S/4HI.Mo.O/h4*1H;;. The molecule has 6 heteroatoms. The van der Waals surface area contributed by atoms with Crippen molar-refractivity contribution in [3.05, 3.63) is 0 Å². The Morgan fingerprint density at radius 2 is 0.667 bits per heavy atom. The van der Waals surface area contributed by atoms with Gasteiger partial charge in [-0.3, -0.25) is 0 Å². The molecule has 0 radical (unpaired) electrons. The summed E-state index contributed by atoms with van der Waals surface area (Å²) < 4.78 is 8.26. The van der Waals surface area contributed by atoms with Crippen molar-refractivity contribution in [1.29, 1.82) is 0 Å². The van der Waals surface area contributed by atoms with Gasteiger partial charge in [0, 0.05) is 0 Å². The third-order valence-electron chi connectivity index (χ3n) is 0. The summed E-state index contributed by atoms with van der Waals surface area (Å²) in [7, 11) is 0. The van der Waals surface area contributed by atoms with E-state index in [2.05, 4.69) is 0 Å². The van der Waals surface area contributed by atoms with Crippen molar-refractivity contribution in [3.8, 4) is 0 Å². The topological polar surface area (TPSA) is 17.1 Å². The fourth-order valence-electron chi connectivity index (χ4n) is 0. The molecule has 0 aliphatic heterocycles. The monoisotopic (exact) mass is 626 g/mol. The van der Waals surface area contributed by atoms with Crippen molar-refractivity contribution in [1.82, 2.24) is 0 Å². The summed E-state index contributed by atoms with van der Waals surface area (Å²) in [6.45, 7) is 0. The molecule has 0 bridgehead atoms. The molecule has 0 amide bonds. The van der Waals surface area contributed by atoms with Crippen LogP contribution in [0.15, 0.2) is 0 Å². The third-order valence-corrected chi connectivity index (χ3v) is 0. The van der Waals surface area contributed by atoms with E-state index in [0.29, 0.717) is 19.8 Å². The molecule has 0 saturated carbocycles. The summed E-state index contributed by atoms with van der Waals surface area (Å²) in [5.74, 6) is 0. The van der Waals surface area contributed by atoms with E-state index in [0.717, 1.165) is 0 Å². The van der Waals surface area contributed by atoms with E-state index >= 15 is 0 Å². The number of hydrogen-bond donors (Lipinski definition) is 0. The number of rotatable bonds is 0. The van der Waals surface area contributed by atoms with Crippen molar-refractivity contribution >= 4 is 95.9 Å². The van der Waals surface area contributed by atoms with E-state index in [-0.39, 0.29) is 95.9 Å². The zero-order valence-electron chi connectivity index (χ0n) is 2.45. The summed E-state index contributed by atoms with van der Waals surface area (Å²) in [5.41, 5.74) is 0. The van der Waals surface area contributed by atoms with Crippen LogP contribution in [0.4, 0.5) is 0 Å². The van der Waals surface area contributed by atoms with Crippen LogP contribution < -0.4 is 0 Å². The van der Waals surface area contributed by atoms with Gasteiger partial charge in [-0.15, -0.1) is 95.9 Å². The zero-order chi connectivity index (χ0) is 2.00. The molecule has 0 N–H and O–H groups in total. The summed E-state index contributed by atoms with van der Waals surface area (Å²) in [4.78, 5) is 0. The molecular formula is H4I4MoO. The van der Waals surface area contributed by atoms with E-state index < -0.39 is 0 Å². The van der Waals surface area contributed by atoms with Crippen LogP contribution in [-0.4, -0.2) is 0 Å². The van der Waals surface area contributed by atoms with Crippen LogP contribution in [0.1, 0.15) is 0 Å². The average Bonchev–Trinajstić information content (AvgIpc) is 1.00. The van der Waals surface area contributed by atoms with Crippen LogP contribution in [0, 0.1) is 0 Å². The van der Waals surface area contributed by atoms with Crippen LogP contribution in [-0.2, 0) is 23.2 Å². The van der Waals surface area contributed by atoms with Gasteiger partial charge in [-0.1, -0.05) is 0 Å². The van der Waals surface area contributed by atoms with E-state index in [1.165, 1.54) is 0 Å². The second-order valence-electron chi connectivity index (χ2n) is 0. The molecule has 0 aromatic rings. The molecule has 0 spiro atoms. The van der Waals surface area contributed by atoms with Crippen molar-refractivity contribution in [3.63, 3.8) is 0 Å². The van der Waals surface area contributed by atoms with Crippen LogP contribution in [0.5, 0.6) is 0 Å². The van der Waals surface area contributed by atoms with Gasteiger partial charge in [0.15, 0.2) is 0 Å². The second kappa shape index (κ2) is 39.7. The Morgan fingerprint density at radius 1 is 0.667 bits per heavy atom. The number of halogens is 4. The summed E-state index contributed by atoms with van der Waals surface area (Å²) >= 11 is 0.700. The molecule has 0 aromatic heterocycles. The first kappa shape index (κ1) is 34.2. The molecule has 0 aromatic carbocycles. The molecule has 0 heterocycles. The van der Waals surface area contributed by atoms with Crippen molar-refractivity contribution < 1.29 is 23.2 Å². The molecule has 1 nitrogen and oxygen atoms in total. The maximum atomic E-state index is 8.26. The first-order valence-electron chi connectivity index (χ1n) is 0.167. The Bertz CT molecular complexity index is 7.51.